The van der Waals surface area contributed by atoms with E-state index in [1.165, 1.54) is 19.0 Å². The van der Waals surface area contributed by atoms with Crippen LogP contribution >= 0.6 is 0 Å². The summed E-state index contributed by atoms with van der Waals surface area (Å²) in [6.45, 7) is 1.81. The van der Waals surface area contributed by atoms with Gasteiger partial charge in [0.2, 0.25) is 0 Å². The highest BCUT2D eigenvalue weighted by atomic mass is 16.4. The Kier molecular flexibility index (Phi) is 3.01. The molecule has 15 heavy (non-hydrogen) atoms. The van der Waals surface area contributed by atoms with E-state index >= 15 is 0 Å². The van der Waals surface area contributed by atoms with E-state index in [-0.39, 0.29) is 5.56 Å². The SMILES string of the molecule is O=C(O)c1cnn(CC2CCCCN2)c1. The van der Waals surface area contributed by atoms with Crippen LogP contribution in [-0.4, -0.2) is 33.4 Å². The molecule has 82 valence electrons. The average molecular weight is 209 g/mol. The van der Waals surface area contributed by atoms with Gasteiger partial charge in [0.1, 0.15) is 0 Å². The van der Waals surface area contributed by atoms with Gasteiger partial charge in [-0.3, -0.25) is 4.68 Å². The van der Waals surface area contributed by atoms with E-state index in [9.17, 15) is 4.79 Å². The minimum absolute atomic E-state index is 0.255. The largest absolute Gasteiger partial charge is 0.478 e. The number of carboxylic acids is 1. The Hall–Kier alpha value is -1.36. The molecule has 0 amide bonds. The molecular weight excluding hydrogens is 194 g/mol. The number of carboxylic acid groups (broad SMARTS) is 1. The molecule has 0 aliphatic carbocycles. The number of carbonyl (C=O) groups is 1. The maximum atomic E-state index is 10.6. The molecule has 1 aliphatic rings. The number of hydrogen-bond acceptors (Lipinski definition) is 3. The highest BCUT2D eigenvalue weighted by molar-refractivity contribution is 5.86. The van der Waals surface area contributed by atoms with E-state index in [1.807, 2.05) is 0 Å². The standard InChI is InChI=1S/C10H15N3O2/c14-10(15)8-5-12-13(6-8)7-9-3-1-2-4-11-9/h5-6,9,11H,1-4,7H2,(H,14,15). The van der Waals surface area contributed by atoms with Gasteiger partial charge < -0.3 is 10.4 Å². The van der Waals surface area contributed by atoms with Crippen LogP contribution in [0.4, 0.5) is 0 Å². The molecule has 1 aromatic rings. The predicted octanol–water partition coefficient (Wildman–Crippen LogP) is 0.723. The van der Waals surface area contributed by atoms with E-state index in [0.29, 0.717) is 6.04 Å². The molecule has 1 saturated heterocycles. The summed E-state index contributed by atoms with van der Waals surface area (Å²) in [7, 11) is 0. The third-order valence-electron chi connectivity index (χ3n) is 2.70. The third-order valence-corrected chi connectivity index (χ3v) is 2.70. The third kappa shape index (κ3) is 2.56. The number of nitrogens with one attached hydrogen (secondary N) is 1. The van der Waals surface area contributed by atoms with Crippen molar-refractivity contribution in [1.29, 1.82) is 0 Å². The molecule has 5 heteroatoms. The van der Waals surface area contributed by atoms with E-state index in [0.717, 1.165) is 19.5 Å². The Morgan fingerprint density at radius 2 is 2.53 bits per heavy atom. The summed E-state index contributed by atoms with van der Waals surface area (Å²) in [5, 5.41) is 16.2. The minimum atomic E-state index is -0.919. The van der Waals surface area contributed by atoms with Gasteiger partial charge in [-0.1, -0.05) is 6.42 Å². The molecule has 5 nitrogen and oxygen atoms in total. The topological polar surface area (TPSA) is 67.1 Å². The Bertz CT molecular complexity index is 342. The van der Waals surface area contributed by atoms with Gasteiger partial charge in [-0.25, -0.2) is 4.79 Å². The van der Waals surface area contributed by atoms with Crippen LogP contribution in [0.3, 0.4) is 0 Å². The van der Waals surface area contributed by atoms with Crippen molar-refractivity contribution in [1.82, 2.24) is 15.1 Å². The lowest BCUT2D eigenvalue weighted by Gasteiger charge is -2.23. The molecule has 2 rings (SSSR count). The second kappa shape index (κ2) is 4.44. The van der Waals surface area contributed by atoms with Crippen LogP contribution in [-0.2, 0) is 6.54 Å². The normalized spacial score (nSPS) is 21.5. The van der Waals surface area contributed by atoms with Crippen molar-refractivity contribution in [2.24, 2.45) is 0 Å². The molecule has 0 saturated carbocycles. The van der Waals surface area contributed by atoms with Crippen molar-refractivity contribution in [3.8, 4) is 0 Å². The lowest BCUT2D eigenvalue weighted by molar-refractivity contribution is 0.0696. The quantitative estimate of drug-likeness (QED) is 0.770. The van der Waals surface area contributed by atoms with E-state index in [4.69, 9.17) is 5.11 Å². The molecule has 1 aliphatic heterocycles. The fourth-order valence-electron chi connectivity index (χ4n) is 1.88. The molecule has 0 spiro atoms. The lowest BCUT2D eigenvalue weighted by atomic mass is 10.1. The van der Waals surface area contributed by atoms with Crippen LogP contribution in [0.25, 0.3) is 0 Å². The zero-order valence-corrected chi connectivity index (χ0v) is 8.52. The molecule has 0 radical (unpaired) electrons. The summed E-state index contributed by atoms with van der Waals surface area (Å²) in [5.74, 6) is -0.919. The van der Waals surface area contributed by atoms with Gasteiger partial charge >= 0.3 is 5.97 Å². The highest BCUT2D eigenvalue weighted by Gasteiger charge is 2.14. The first-order valence-corrected chi connectivity index (χ1v) is 5.25. The van der Waals surface area contributed by atoms with Crippen LogP contribution < -0.4 is 5.32 Å². The number of rotatable bonds is 3. The maximum Gasteiger partial charge on any atom is 0.338 e. The first-order chi connectivity index (χ1) is 7.25. The van der Waals surface area contributed by atoms with Crippen molar-refractivity contribution in [2.45, 2.75) is 31.8 Å². The van der Waals surface area contributed by atoms with E-state index in [2.05, 4.69) is 10.4 Å². The van der Waals surface area contributed by atoms with Crippen LogP contribution in [0.2, 0.25) is 0 Å². The summed E-state index contributed by atoms with van der Waals surface area (Å²) >= 11 is 0. The van der Waals surface area contributed by atoms with Gasteiger partial charge in [-0.05, 0) is 19.4 Å². The van der Waals surface area contributed by atoms with Gasteiger partial charge in [-0.15, -0.1) is 0 Å². The summed E-state index contributed by atoms with van der Waals surface area (Å²) in [6, 6.07) is 0.431. The maximum absolute atomic E-state index is 10.6. The minimum Gasteiger partial charge on any atom is -0.478 e. The first kappa shape index (κ1) is 10.2. The number of nitrogens with zero attached hydrogens (tertiary/aromatic N) is 2. The Labute approximate surface area is 88.1 Å². The van der Waals surface area contributed by atoms with Crippen LogP contribution in [0.5, 0.6) is 0 Å². The van der Waals surface area contributed by atoms with Crippen molar-refractivity contribution >= 4 is 5.97 Å². The smallest absolute Gasteiger partial charge is 0.338 e. The lowest BCUT2D eigenvalue weighted by Crippen LogP contribution is -2.37. The van der Waals surface area contributed by atoms with Gasteiger partial charge in [0.25, 0.3) is 0 Å². The molecular formula is C10H15N3O2. The molecule has 1 unspecified atom stereocenters. The summed E-state index contributed by atoms with van der Waals surface area (Å²) in [5.41, 5.74) is 0.255. The first-order valence-electron chi connectivity index (χ1n) is 5.25. The van der Waals surface area contributed by atoms with E-state index in [1.54, 1.807) is 10.9 Å². The molecule has 1 fully saturated rings. The van der Waals surface area contributed by atoms with Crippen LogP contribution in [0, 0.1) is 0 Å². The van der Waals surface area contributed by atoms with E-state index < -0.39 is 5.97 Å². The number of aromatic carboxylic acids is 1. The van der Waals surface area contributed by atoms with Crippen molar-refractivity contribution in [3.05, 3.63) is 18.0 Å². The Morgan fingerprint density at radius 3 is 3.13 bits per heavy atom. The average Bonchev–Trinajstić information content (AvgIpc) is 2.68. The predicted molar refractivity (Wildman–Crippen MR) is 54.8 cm³/mol. The second-order valence-electron chi connectivity index (χ2n) is 3.90. The van der Waals surface area contributed by atoms with Crippen molar-refractivity contribution in [3.63, 3.8) is 0 Å². The summed E-state index contributed by atoms with van der Waals surface area (Å²) in [4.78, 5) is 10.6. The van der Waals surface area contributed by atoms with Crippen LogP contribution in [0.15, 0.2) is 12.4 Å². The van der Waals surface area contributed by atoms with Crippen molar-refractivity contribution < 1.29 is 9.90 Å². The van der Waals surface area contributed by atoms with Gasteiger partial charge in [0, 0.05) is 12.2 Å². The Morgan fingerprint density at radius 1 is 1.67 bits per heavy atom. The second-order valence-corrected chi connectivity index (χ2v) is 3.90. The summed E-state index contributed by atoms with van der Waals surface area (Å²) in [6.07, 6.45) is 6.59. The number of piperidine rings is 1. The van der Waals surface area contributed by atoms with Gasteiger partial charge in [-0.2, -0.15) is 5.10 Å². The van der Waals surface area contributed by atoms with Crippen LogP contribution in [0.1, 0.15) is 29.6 Å². The molecule has 2 N–H and O–H groups in total. The number of hydrogen-bond donors (Lipinski definition) is 2. The number of aromatic nitrogens is 2. The molecule has 1 aromatic heterocycles. The monoisotopic (exact) mass is 209 g/mol. The van der Waals surface area contributed by atoms with Crippen molar-refractivity contribution in [2.75, 3.05) is 6.54 Å². The molecule has 0 aromatic carbocycles. The fourth-order valence-corrected chi connectivity index (χ4v) is 1.88. The zero-order valence-electron chi connectivity index (χ0n) is 8.52. The molecule has 1 atom stereocenters. The van der Waals surface area contributed by atoms with Gasteiger partial charge in [0.15, 0.2) is 0 Å². The Balaban J connectivity index is 1.94. The van der Waals surface area contributed by atoms with Gasteiger partial charge in [0.05, 0.1) is 18.3 Å². The fraction of sp³-hybridized carbons (Fsp3) is 0.600. The summed E-state index contributed by atoms with van der Waals surface area (Å²) < 4.78 is 1.70. The highest BCUT2D eigenvalue weighted by Crippen LogP contribution is 2.09. The molecule has 2 heterocycles. The molecule has 0 bridgehead atoms. The zero-order chi connectivity index (χ0) is 10.7.